The van der Waals surface area contributed by atoms with E-state index < -0.39 is 0 Å². The molecule has 1 fully saturated rings. The van der Waals surface area contributed by atoms with Gasteiger partial charge in [0.15, 0.2) is 5.16 Å². The zero-order chi connectivity index (χ0) is 24.7. The molecule has 0 bridgehead atoms. The maximum Gasteiger partial charge on any atom is 0.262 e. The summed E-state index contributed by atoms with van der Waals surface area (Å²) >= 11 is 1.30. The second-order valence-corrected chi connectivity index (χ2v) is 10.0. The van der Waals surface area contributed by atoms with Crippen LogP contribution in [-0.4, -0.2) is 34.3 Å². The van der Waals surface area contributed by atoms with Crippen LogP contribution in [0.15, 0.2) is 88.8 Å². The Kier molecular flexibility index (Phi) is 7.67. The van der Waals surface area contributed by atoms with Crippen molar-refractivity contribution in [1.29, 1.82) is 0 Å². The van der Waals surface area contributed by atoms with Gasteiger partial charge >= 0.3 is 0 Å². The van der Waals surface area contributed by atoms with E-state index in [2.05, 4.69) is 16.3 Å². The first kappa shape index (κ1) is 24.1. The minimum Gasteiger partial charge on any atom is -0.372 e. The number of fused-ring (bicyclic) bond motifs is 1. The molecule has 0 aliphatic carbocycles. The molecule has 4 aromatic rings. The highest BCUT2D eigenvalue weighted by Gasteiger charge is 2.17. The van der Waals surface area contributed by atoms with E-state index in [9.17, 15) is 9.59 Å². The highest BCUT2D eigenvalue weighted by Crippen LogP contribution is 2.25. The maximum atomic E-state index is 13.7. The molecule has 2 heterocycles. The SMILES string of the molecule is O=C(CSc1nc2ccc(N3CCCCC3)cc2c(=O)n1Cc1ccccc1)NCc1ccccc1. The van der Waals surface area contributed by atoms with Gasteiger partial charge in [0.05, 0.1) is 23.2 Å². The number of amides is 1. The van der Waals surface area contributed by atoms with E-state index in [1.165, 1.54) is 31.0 Å². The molecule has 0 radical (unpaired) electrons. The molecule has 1 N–H and O–H groups in total. The zero-order valence-electron chi connectivity index (χ0n) is 20.2. The van der Waals surface area contributed by atoms with Crippen molar-refractivity contribution in [1.82, 2.24) is 14.9 Å². The third-order valence-corrected chi connectivity index (χ3v) is 7.45. The van der Waals surface area contributed by atoms with Gasteiger partial charge in [0.25, 0.3) is 5.56 Å². The van der Waals surface area contributed by atoms with Crippen molar-refractivity contribution in [2.75, 3.05) is 23.7 Å². The number of benzene rings is 3. The predicted octanol–water partition coefficient (Wildman–Crippen LogP) is 4.84. The Balaban J connectivity index is 1.41. The third-order valence-electron chi connectivity index (χ3n) is 6.47. The number of thioether (sulfide) groups is 1. The normalized spacial score (nSPS) is 13.6. The predicted molar refractivity (Wildman–Crippen MR) is 147 cm³/mol. The van der Waals surface area contributed by atoms with E-state index in [-0.39, 0.29) is 17.2 Å². The van der Waals surface area contributed by atoms with E-state index in [0.717, 1.165) is 29.9 Å². The number of carbonyl (C=O) groups excluding carboxylic acids is 1. The molecule has 6 nitrogen and oxygen atoms in total. The molecule has 1 aliphatic heterocycles. The largest absolute Gasteiger partial charge is 0.372 e. The molecule has 36 heavy (non-hydrogen) atoms. The first-order chi connectivity index (χ1) is 17.7. The molecule has 0 unspecified atom stereocenters. The molecule has 5 rings (SSSR count). The number of carbonyl (C=O) groups is 1. The van der Waals surface area contributed by atoms with Crippen molar-refractivity contribution in [2.45, 2.75) is 37.5 Å². The molecule has 1 saturated heterocycles. The molecule has 184 valence electrons. The van der Waals surface area contributed by atoms with Gasteiger partial charge in [-0.3, -0.25) is 14.2 Å². The number of hydrogen-bond acceptors (Lipinski definition) is 5. The monoisotopic (exact) mass is 498 g/mol. The first-order valence-electron chi connectivity index (χ1n) is 12.4. The quantitative estimate of drug-likeness (QED) is 0.278. The van der Waals surface area contributed by atoms with Crippen LogP contribution in [-0.2, 0) is 17.9 Å². The summed E-state index contributed by atoms with van der Waals surface area (Å²) in [5.41, 5.74) is 3.73. The van der Waals surface area contributed by atoms with Crippen LogP contribution >= 0.6 is 11.8 Å². The average molecular weight is 499 g/mol. The third kappa shape index (κ3) is 5.79. The average Bonchev–Trinajstić information content (AvgIpc) is 2.94. The zero-order valence-corrected chi connectivity index (χ0v) is 21.0. The van der Waals surface area contributed by atoms with Gasteiger partial charge in [0.1, 0.15) is 0 Å². The van der Waals surface area contributed by atoms with Gasteiger partial charge in [-0.15, -0.1) is 0 Å². The van der Waals surface area contributed by atoms with Crippen LogP contribution in [0.1, 0.15) is 30.4 Å². The molecule has 0 saturated carbocycles. The molecule has 0 spiro atoms. The van der Waals surface area contributed by atoms with Crippen molar-refractivity contribution in [3.05, 3.63) is 100 Å². The molecule has 1 aliphatic rings. The Morgan fingerprint density at radius 1 is 0.889 bits per heavy atom. The number of anilines is 1. The second-order valence-electron chi connectivity index (χ2n) is 9.07. The Morgan fingerprint density at radius 3 is 2.31 bits per heavy atom. The molecule has 1 aromatic heterocycles. The molecule has 3 aromatic carbocycles. The van der Waals surface area contributed by atoms with Gasteiger partial charge < -0.3 is 10.2 Å². The van der Waals surface area contributed by atoms with Gasteiger partial charge in [-0.05, 0) is 48.6 Å². The smallest absolute Gasteiger partial charge is 0.262 e. The van der Waals surface area contributed by atoms with Crippen molar-refractivity contribution in [3.63, 3.8) is 0 Å². The van der Waals surface area contributed by atoms with Gasteiger partial charge in [0.2, 0.25) is 5.91 Å². The van der Waals surface area contributed by atoms with Gasteiger partial charge in [-0.25, -0.2) is 4.98 Å². The summed E-state index contributed by atoms with van der Waals surface area (Å²) in [6.07, 6.45) is 3.61. The number of aromatic nitrogens is 2. The van der Waals surface area contributed by atoms with Crippen molar-refractivity contribution >= 4 is 34.3 Å². The highest BCUT2D eigenvalue weighted by atomic mass is 32.2. The lowest BCUT2D eigenvalue weighted by atomic mass is 10.1. The standard InChI is InChI=1S/C29H30N4O2S/c34-27(30-19-22-10-4-1-5-11-22)21-36-29-31-26-15-14-24(32-16-8-3-9-17-32)18-25(26)28(35)33(29)20-23-12-6-2-7-13-23/h1-2,4-7,10-15,18H,3,8-9,16-17,19-21H2,(H,30,34). The summed E-state index contributed by atoms with van der Waals surface area (Å²) < 4.78 is 1.70. The van der Waals surface area contributed by atoms with E-state index in [1.54, 1.807) is 4.57 Å². The van der Waals surface area contributed by atoms with Gasteiger partial charge in [-0.1, -0.05) is 72.4 Å². The summed E-state index contributed by atoms with van der Waals surface area (Å²) in [5, 5.41) is 4.12. The number of piperidine rings is 1. The van der Waals surface area contributed by atoms with Crippen LogP contribution in [0.3, 0.4) is 0 Å². The minimum atomic E-state index is -0.0927. The molecular weight excluding hydrogens is 468 g/mol. The van der Waals surface area contributed by atoms with Crippen molar-refractivity contribution in [3.8, 4) is 0 Å². The van der Waals surface area contributed by atoms with E-state index in [1.807, 2.05) is 72.8 Å². The molecule has 1 amide bonds. The van der Waals surface area contributed by atoms with Crippen LogP contribution in [0.2, 0.25) is 0 Å². The summed E-state index contributed by atoms with van der Waals surface area (Å²) in [7, 11) is 0. The van der Waals surface area contributed by atoms with E-state index in [4.69, 9.17) is 4.98 Å². The number of hydrogen-bond donors (Lipinski definition) is 1. The van der Waals surface area contributed by atoms with Crippen molar-refractivity contribution in [2.24, 2.45) is 0 Å². The Morgan fingerprint density at radius 2 is 1.58 bits per heavy atom. The molecular formula is C29H30N4O2S. The highest BCUT2D eigenvalue weighted by molar-refractivity contribution is 7.99. The fourth-order valence-corrected chi connectivity index (χ4v) is 5.36. The van der Waals surface area contributed by atoms with Gasteiger partial charge in [0, 0.05) is 25.3 Å². The van der Waals surface area contributed by atoms with Crippen molar-refractivity contribution < 1.29 is 4.79 Å². The van der Waals surface area contributed by atoms with E-state index >= 15 is 0 Å². The number of nitrogens with one attached hydrogen (secondary N) is 1. The van der Waals surface area contributed by atoms with Crippen LogP contribution in [0.4, 0.5) is 5.69 Å². The molecule has 0 atom stereocenters. The van der Waals surface area contributed by atoms with E-state index in [0.29, 0.717) is 29.1 Å². The Labute approximate surface area is 215 Å². The van der Waals surface area contributed by atoms with Crippen LogP contribution in [0, 0.1) is 0 Å². The molecule has 7 heteroatoms. The fraction of sp³-hybridized carbons (Fsp3) is 0.276. The summed E-state index contributed by atoms with van der Waals surface area (Å²) in [6, 6.07) is 25.7. The summed E-state index contributed by atoms with van der Waals surface area (Å²) in [4.78, 5) is 33.5. The van der Waals surface area contributed by atoms with Crippen LogP contribution in [0.25, 0.3) is 10.9 Å². The lowest BCUT2D eigenvalue weighted by Crippen LogP contribution is -2.30. The first-order valence-corrected chi connectivity index (χ1v) is 13.4. The minimum absolute atomic E-state index is 0.0742. The summed E-state index contributed by atoms with van der Waals surface area (Å²) in [6.45, 7) is 2.92. The topological polar surface area (TPSA) is 67.2 Å². The fourth-order valence-electron chi connectivity index (χ4n) is 4.53. The van der Waals surface area contributed by atoms with Gasteiger partial charge in [-0.2, -0.15) is 0 Å². The second kappa shape index (κ2) is 11.4. The van der Waals surface area contributed by atoms with Crippen LogP contribution in [0.5, 0.6) is 0 Å². The lowest BCUT2D eigenvalue weighted by Gasteiger charge is -2.29. The number of rotatable bonds is 8. The maximum absolute atomic E-state index is 13.7. The number of nitrogens with zero attached hydrogens (tertiary/aromatic N) is 3. The summed E-state index contributed by atoms with van der Waals surface area (Å²) in [5.74, 6) is 0.0933. The Bertz CT molecular complexity index is 1380. The Hall–Kier alpha value is -3.58. The lowest BCUT2D eigenvalue weighted by molar-refractivity contribution is -0.118. The van der Waals surface area contributed by atoms with Crippen LogP contribution < -0.4 is 15.8 Å².